The molecule has 21 heavy (non-hydrogen) atoms. The van der Waals surface area contributed by atoms with Crippen LogP contribution in [0, 0.1) is 6.92 Å². The minimum atomic E-state index is -0.902. The van der Waals surface area contributed by atoms with Crippen molar-refractivity contribution in [2.75, 3.05) is 0 Å². The molecule has 0 bridgehead atoms. The molecule has 0 heterocycles. The number of carbonyl (C=O) groups excluding carboxylic acids is 1. The topological polar surface area (TPSA) is 78.4 Å². The van der Waals surface area contributed by atoms with Crippen LogP contribution in [0.4, 0.5) is 4.79 Å². The lowest BCUT2D eigenvalue weighted by atomic mass is 10.0. The first-order valence-electron chi connectivity index (χ1n) is 7.28. The second-order valence-electron chi connectivity index (χ2n) is 5.28. The van der Waals surface area contributed by atoms with Gasteiger partial charge in [-0.1, -0.05) is 37.6 Å². The smallest absolute Gasteiger partial charge is 0.315 e. The molecule has 0 fully saturated rings. The summed E-state index contributed by atoms with van der Waals surface area (Å²) in [6, 6.07) is 7.07. The Bertz CT molecular complexity index is 488. The maximum absolute atomic E-state index is 12.0. The van der Waals surface area contributed by atoms with Crippen LogP contribution in [0.2, 0.25) is 0 Å². The van der Waals surface area contributed by atoms with Gasteiger partial charge in [0.1, 0.15) is 0 Å². The number of aryl methyl sites for hydroxylation is 1. The maximum Gasteiger partial charge on any atom is 0.315 e. The fourth-order valence-corrected chi connectivity index (χ4v) is 2.36. The second kappa shape index (κ2) is 8.29. The van der Waals surface area contributed by atoms with Crippen molar-refractivity contribution >= 4 is 12.0 Å². The summed E-state index contributed by atoms with van der Waals surface area (Å²) in [5.74, 6) is -0.902. The standard InChI is InChI=1S/C16H24N2O3/c1-4-7-13(10-15(19)20)18-16(21)17-12(3)14-9-6-5-8-11(14)2/h5-6,8-9,12-13H,4,7,10H2,1-3H3,(H,19,20)(H2,17,18,21). The number of aliphatic carboxylic acids is 1. The molecule has 2 atom stereocenters. The number of urea groups is 1. The third kappa shape index (κ3) is 5.85. The number of carboxylic acid groups (broad SMARTS) is 1. The van der Waals surface area contributed by atoms with E-state index in [4.69, 9.17) is 5.11 Å². The van der Waals surface area contributed by atoms with Crippen molar-refractivity contribution in [2.45, 2.75) is 52.1 Å². The minimum absolute atomic E-state index is 0.0555. The van der Waals surface area contributed by atoms with Crippen LogP contribution in [0.15, 0.2) is 24.3 Å². The zero-order chi connectivity index (χ0) is 15.8. The lowest BCUT2D eigenvalue weighted by Crippen LogP contribution is -2.43. The van der Waals surface area contributed by atoms with Crippen LogP contribution in [0.1, 0.15) is 50.3 Å². The van der Waals surface area contributed by atoms with E-state index in [9.17, 15) is 9.59 Å². The first kappa shape index (κ1) is 17.0. The van der Waals surface area contributed by atoms with E-state index in [0.717, 1.165) is 17.5 Å². The zero-order valence-electron chi connectivity index (χ0n) is 12.8. The Morgan fingerprint density at radius 3 is 2.48 bits per heavy atom. The molecule has 3 N–H and O–H groups in total. The van der Waals surface area contributed by atoms with Crippen LogP contribution in [0.5, 0.6) is 0 Å². The average molecular weight is 292 g/mol. The average Bonchev–Trinajstić information content (AvgIpc) is 2.38. The Hall–Kier alpha value is -2.04. The van der Waals surface area contributed by atoms with Crippen molar-refractivity contribution < 1.29 is 14.7 Å². The van der Waals surface area contributed by atoms with E-state index < -0.39 is 5.97 Å². The molecule has 0 saturated heterocycles. The fraction of sp³-hybridized carbons (Fsp3) is 0.500. The number of carboxylic acids is 1. The van der Waals surface area contributed by atoms with Crippen molar-refractivity contribution in [1.29, 1.82) is 0 Å². The van der Waals surface area contributed by atoms with Gasteiger partial charge in [0.2, 0.25) is 0 Å². The molecule has 2 unspecified atom stereocenters. The summed E-state index contributed by atoms with van der Waals surface area (Å²) in [7, 11) is 0. The molecule has 5 heteroatoms. The Balaban J connectivity index is 2.59. The SMILES string of the molecule is CCCC(CC(=O)O)NC(=O)NC(C)c1ccccc1C. The van der Waals surface area contributed by atoms with Crippen molar-refractivity contribution in [3.05, 3.63) is 35.4 Å². The highest BCUT2D eigenvalue weighted by Gasteiger charge is 2.17. The van der Waals surface area contributed by atoms with E-state index in [0.29, 0.717) is 6.42 Å². The van der Waals surface area contributed by atoms with Crippen LogP contribution in [-0.2, 0) is 4.79 Å². The molecule has 0 aromatic heterocycles. The predicted octanol–water partition coefficient (Wildman–Crippen LogP) is 3.00. The van der Waals surface area contributed by atoms with E-state index in [2.05, 4.69) is 10.6 Å². The molecular weight excluding hydrogens is 268 g/mol. The number of hydrogen-bond acceptors (Lipinski definition) is 2. The molecule has 2 amide bonds. The summed E-state index contributed by atoms with van der Waals surface area (Å²) in [6.07, 6.45) is 1.42. The molecule has 0 aliphatic carbocycles. The molecule has 5 nitrogen and oxygen atoms in total. The second-order valence-corrected chi connectivity index (χ2v) is 5.28. The van der Waals surface area contributed by atoms with Gasteiger partial charge in [-0.05, 0) is 31.4 Å². The van der Waals surface area contributed by atoms with Gasteiger partial charge in [0, 0.05) is 6.04 Å². The van der Waals surface area contributed by atoms with Crippen molar-refractivity contribution in [3.63, 3.8) is 0 Å². The lowest BCUT2D eigenvalue weighted by Gasteiger charge is -2.20. The van der Waals surface area contributed by atoms with Gasteiger partial charge in [-0.2, -0.15) is 0 Å². The summed E-state index contributed by atoms with van der Waals surface area (Å²) in [4.78, 5) is 22.8. The molecule has 0 saturated carbocycles. The van der Waals surface area contributed by atoms with E-state index >= 15 is 0 Å². The monoisotopic (exact) mass is 292 g/mol. The van der Waals surface area contributed by atoms with Gasteiger partial charge < -0.3 is 15.7 Å². The van der Waals surface area contributed by atoms with Gasteiger partial charge in [-0.25, -0.2) is 4.79 Å². The molecular formula is C16H24N2O3. The Morgan fingerprint density at radius 1 is 1.24 bits per heavy atom. The van der Waals surface area contributed by atoms with Crippen LogP contribution < -0.4 is 10.6 Å². The van der Waals surface area contributed by atoms with E-state index in [1.165, 1.54) is 0 Å². The van der Waals surface area contributed by atoms with Crippen molar-refractivity contribution in [2.24, 2.45) is 0 Å². The summed E-state index contributed by atoms with van der Waals surface area (Å²) >= 11 is 0. The van der Waals surface area contributed by atoms with Gasteiger partial charge >= 0.3 is 12.0 Å². The molecule has 1 rings (SSSR count). The van der Waals surface area contributed by atoms with Crippen LogP contribution in [0.3, 0.4) is 0 Å². The molecule has 116 valence electrons. The molecule has 1 aromatic carbocycles. The van der Waals surface area contributed by atoms with Gasteiger partial charge in [0.05, 0.1) is 12.5 Å². The number of benzene rings is 1. The number of carbonyl (C=O) groups is 2. The van der Waals surface area contributed by atoms with Crippen molar-refractivity contribution in [1.82, 2.24) is 10.6 Å². The van der Waals surface area contributed by atoms with E-state index in [-0.39, 0.29) is 24.5 Å². The summed E-state index contributed by atoms with van der Waals surface area (Å²) in [5, 5.41) is 14.4. The zero-order valence-corrected chi connectivity index (χ0v) is 12.8. The fourth-order valence-electron chi connectivity index (χ4n) is 2.36. The lowest BCUT2D eigenvalue weighted by molar-refractivity contribution is -0.137. The Kier molecular flexibility index (Phi) is 6.72. The Labute approximate surface area is 125 Å². The van der Waals surface area contributed by atoms with Crippen LogP contribution in [-0.4, -0.2) is 23.1 Å². The van der Waals surface area contributed by atoms with Crippen LogP contribution >= 0.6 is 0 Å². The third-order valence-electron chi connectivity index (χ3n) is 3.40. The number of nitrogens with one attached hydrogen (secondary N) is 2. The van der Waals surface area contributed by atoms with Gasteiger partial charge in [-0.3, -0.25) is 4.79 Å². The first-order valence-corrected chi connectivity index (χ1v) is 7.28. The molecule has 1 aromatic rings. The number of amides is 2. The van der Waals surface area contributed by atoms with Gasteiger partial charge in [0.25, 0.3) is 0 Å². The summed E-state index contributed by atoms with van der Waals surface area (Å²) in [5.41, 5.74) is 2.17. The summed E-state index contributed by atoms with van der Waals surface area (Å²) in [6.45, 7) is 5.87. The number of rotatable bonds is 7. The van der Waals surface area contributed by atoms with Crippen molar-refractivity contribution in [3.8, 4) is 0 Å². The molecule has 0 aliphatic rings. The van der Waals surface area contributed by atoms with E-state index in [1.807, 2.05) is 45.0 Å². The van der Waals surface area contributed by atoms with Gasteiger partial charge in [-0.15, -0.1) is 0 Å². The summed E-state index contributed by atoms with van der Waals surface area (Å²) < 4.78 is 0. The molecule has 0 spiro atoms. The minimum Gasteiger partial charge on any atom is -0.481 e. The van der Waals surface area contributed by atoms with Crippen LogP contribution in [0.25, 0.3) is 0 Å². The normalized spacial score (nSPS) is 13.3. The highest BCUT2D eigenvalue weighted by molar-refractivity contribution is 5.76. The quantitative estimate of drug-likeness (QED) is 0.723. The third-order valence-corrected chi connectivity index (χ3v) is 3.40. The van der Waals surface area contributed by atoms with E-state index in [1.54, 1.807) is 0 Å². The highest BCUT2D eigenvalue weighted by atomic mass is 16.4. The number of hydrogen-bond donors (Lipinski definition) is 3. The maximum atomic E-state index is 12.0. The Morgan fingerprint density at radius 2 is 1.90 bits per heavy atom. The highest BCUT2D eigenvalue weighted by Crippen LogP contribution is 2.16. The largest absolute Gasteiger partial charge is 0.481 e. The van der Waals surface area contributed by atoms with Gasteiger partial charge in [0.15, 0.2) is 0 Å². The molecule has 0 radical (unpaired) electrons. The molecule has 0 aliphatic heterocycles. The predicted molar refractivity (Wildman–Crippen MR) is 82.2 cm³/mol. The first-order chi connectivity index (χ1) is 9.93.